The Bertz CT molecular complexity index is 926. The lowest BCUT2D eigenvalue weighted by molar-refractivity contribution is -0.148. The maximum Gasteiger partial charge on any atom is 0.243 e. The highest BCUT2D eigenvalue weighted by molar-refractivity contribution is 6.35. The molecule has 7 heteroatoms. The molecule has 0 saturated carbocycles. The fourth-order valence-electron chi connectivity index (χ4n) is 4.67. The van der Waals surface area contributed by atoms with Crippen molar-refractivity contribution in [2.24, 2.45) is 0 Å². The second-order valence-electron chi connectivity index (χ2n) is 7.50. The number of fused-ring (bicyclic) bond motifs is 1. The van der Waals surface area contributed by atoms with E-state index in [9.17, 15) is 14.7 Å². The Morgan fingerprint density at radius 1 is 1.19 bits per heavy atom. The highest BCUT2D eigenvalue weighted by atomic mass is 35.5. The van der Waals surface area contributed by atoms with Gasteiger partial charge in [-0.25, -0.2) is 0 Å². The quantitative estimate of drug-likeness (QED) is 0.839. The summed E-state index contributed by atoms with van der Waals surface area (Å²) in [5.74, 6) is 0.112. The summed E-state index contributed by atoms with van der Waals surface area (Å²) in [6.07, 6.45) is 3.54. The van der Waals surface area contributed by atoms with Crippen LogP contribution in [0.25, 0.3) is 10.9 Å². The van der Waals surface area contributed by atoms with Gasteiger partial charge in [-0.15, -0.1) is 0 Å². The van der Waals surface area contributed by atoms with Crippen LogP contribution in [0.3, 0.4) is 0 Å². The van der Waals surface area contributed by atoms with Gasteiger partial charge in [0.05, 0.1) is 17.1 Å². The smallest absolute Gasteiger partial charge is 0.243 e. The Kier molecular flexibility index (Phi) is 4.97. The van der Waals surface area contributed by atoms with E-state index in [1.807, 2.05) is 0 Å². The fraction of sp³-hybridized carbons (Fsp3) is 0.500. The predicted molar refractivity (Wildman–Crippen MR) is 105 cm³/mol. The monoisotopic (exact) mass is 389 g/mol. The Balaban J connectivity index is 1.66. The number of aliphatic hydroxyl groups excluding tert-OH is 1. The molecule has 1 atom stereocenters. The van der Waals surface area contributed by atoms with Gasteiger partial charge in [0.2, 0.25) is 5.91 Å². The van der Waals surface area contributed by atoms with Crippen LogP contribution in [-0.4, -0.2) is 57.6 Å². The number of β-amino-alcohol motifs (C(OH)–C–C–N with tert-alkyl or cyclic N) is 1. The Hall–Kier alpha value is -1.89. The molecule has 1 spiro atoms. The van der Waals surface area contributed by atoms with Crippen molar-refractivity contribution < 1.29 is 9.90 Å². The number of nitrogens with zero attached hydrogens (tertiary/aromatic N) is 2. The maximum absolute atomic E-state index is 13.2. The number of hydrogen-bond donors (Lipinski definition) is 2. The fourth-order valence-corrected chi connectivity index (χ4v) is 4.89. The van der Waals surface area contributed by atoms with Crippen LogP contribution in [-0.2, 0) is 11.3 Å². The third-order valence-electron chi connectivity index (χ3n) is 5.93. The SMILES string of the molecule is O=C1N(CCO)CCCC12CCCN2Cc1cc(=O)c2cccc(Cl)c2[nH]1. The number of likely N-dealkylation sites (tertiary alicyclic amines) is 2. The number of H-pyrrole nitrogens is 1. The third-order valence-corrected chi connectivity index (χ3v) is 6.24. The number of halogens is 1. The van der Waals surface area contributed by atoms with Gasteiger partial charge >= 0.3 is 0 Å². The third kappa shape index (κ3) is 3.16. The summed E-state index contributed by atoms with van der Waals surface area (Å²) in [7, 11) is 0. The van der Waals surface area contributed by atoms with Crippen LogP contribution < -0.4 is 5.43 Å². The van der Waals surface area contributed by atoms with Crippen molar-refractivity contribution >= 4 is 28.4 Å². The summed E-state index contributed by atoms with van der Waals surface area (Å²) >= 11 is 6.27. The van der Waals surface area contributed by atoms with Crippen molar-refractivity contribution in [1.82, 2.24) is 14.8 Å². The zero-order chi connectivity index (χ0) is 19.0. The molecule has 2 saturated heterocycles. The first-order chi connectivity index (χ1) is 13.0. The minimum absolute atomic E-state index is 0.0156. The number of benzene rings is 1. The summed E-state index contributed by atoms with van der Waals surface area (Å²) in [6.45, 7) is 2.41. The van der Waals surface area contributed by atoms with Crippen LogP contribution in [0.1, 0.15) is 31.4 Å². The molecule has 1 aromatic carbocycles. The topological polar surface area (TPSA) is 76.6 Å². The minimum Gasteiger partial charge on any atom is -0.395 e. The number of aromatic amines is 1. The summed E-state index contributed by atoms with van der Waals surface area (Å²) in [6, 6.07) is 6.91. The first-order valence-electron chi connectivity index (χ1n) is 9.51. The molecule has 2 aliphatic heterocycles. The number of rotatable bonds is 4. The van der Waals surface area contributed by atoms with Gasteiger partial charge in [-0.2, -0.15) is 0 Å². The van der Waals surface area contributed by atoms with E-state index in [2.05, 4.69) is 9.88 Å². The molecule has 1 amide bonds. The molecule has 2 N–H and O–H groups in total. The average Bonchev–Trinajstić information content (AvgIpc) is 3.03. The number of nitrogens with one attached hydrogen (secondary N) is 1. The maximum atomic E-state index is 13.2. The Morgan fingerprint density at radius 3 is 2.74 bits per heavy atom. The molecule has 144 valence electrons. The molecule has 4 rings (SSSR count). The lowest BCUT2D eigenvalue weighted by atomic mass is 9.85. The van der Waals surface area contributed by atoms with E-state index >= 15 is 0 Å². The van der Waals surface area contributed by atoms with Crippen molar-refractivity contribution in [1.29, 1.82) is 0 Å². The molecular formula is C20H24ClN3O3. The van der Waals surface area contributed by atoms with E-state index in [1.54, 1.807) is 29.2 Å². The second kappa shape index (κ2) is 7.26. The van der Waals surface area contributed by atoms with Gasteiger partial charge in [-0.05, 0) is 44.4 Å². The van der Waals surface area contributed by atoms with Gasteiger partial charge in [0.25, 0.3) is 0 Å². The molecule has 27 heavy (non-hydrogen) atoms. The zero-order valence-corrected chi connectivity index (χ0v) is 16.0. The number of carbonyl (C=O) groups is 1. The summed E-state index contributed by atoms with van der Waals surface area (Å²) in [5, 5.41) is 10.4. The first-order valence-corrected chi connectivity index (χ1v) is 9.89. The molecule has 1 unspecified atom stereocenters. The largest absolute Gasteiger partial charge is 0.395 e. The van der Waals surface area contributed by atoms with Gasteiger partial charge in [-0.3, -0.25) is 14.5 Å². The Morgan fingerprint density at radius 2 is 1.96 bits per heavy atom. The van der Waals surface area contributed by atoms with Crippen LogP contribution in [0.15, 0.2) is 29.1 Å². The molecule has 0 aliphatic carbocycles. The highest BCUT2D eigenvalue weighted by Crippen LogP contribution is 2.39. The van der Waals surface area contributed by atoms with Crippen molar-refractivity contribution in [3.8, 4) is 0 Å². The van der Waals surface area contributed by atoms with E-state index < -0.39 is 5.54 Å². The molecule has 2 fully saturated rings. The van der Waals surface area contributed by atoms with Gasteiger partial charge in [0, 0.05) is 36.8 Å². The van der Waals surface area contributed by atoms with Gasteiger partial charge in [0.1, 0.15) is 5.54 Å². The van der Waals surface area contributed by atoms with E-state index in [1.165, 1.54) is 0 Å². The summed E-state index contributed by atoms with van der Waals surface area (Å²) in [5.41, 5.74) is 0.840. The van der Waals surface area contributed by atoms with E-state index in [-0.39, 0.29) is 17.9 Å². The molecule has 0 bridgehead atoms. The molecule has 1 aromatic heterocycles. The van der Waals surface area contributed by atoms with E-state index in [0.717, 1.165) is 37.9 Å². The molecular weight excluding hydrogens is 366 g/mol. The number of aliphatic hydroxyl groups is 1. The van der Waals surface area contributed by atoms with Crippen molar-refractivity contribution in [2.75, 3.05) is 26.2 Å². The van der Waals surface area contributed by atoms with Gasteiger partial charge in [-0.1, -0.05) is 17.7 Å². The lowest BCUT2D eigenvalue weighted by Crippen LogP contribution is -2.60. The molecule has 2 aliphatic rings. The number of hydrogen-bond acceptors (Lipinski definition) is 4. The van der Waals surface area contributed by atoms with Crippen LogP contribution >= 0.6 is 11.6 Å². The summed E-state index contributed by atoms with van der Waals surface area (Å²) < 4.78 is 0. The standard InChI is InChI=1S/C20H24ClN3O3/c21-16-5-1-4-15-17(26)12-14(22-18(15)16)13-24-9-3-7-20(24)6-2-8-23(10-11-25)19(20)27/h1,4-5,12,25H,2-3,6-11,13H2,(H,22,26). The number of pyridine rings is 1. The van der Waals surface area contributed by atoms with Crippen molar-refractivity contribution in [3.05, 3.63) is 45.2 Å². The lowest BCUT2D eigenvalue weighted by Gasteiger charge is -2.44. The van der Waals surface area contributed by atoms with Gasteiger partial charge in [0.15, 0.2) is 5.43 Å². The predicted octanol–water partition coefficient (Wildman–Crippen LogP) is 2.13. The number of aromatic nitrogens is 1. The van der Waals surface area contributed by atoms with Gasteiger partial charge < -0.3 is 15.0 Å². The molecule has 6 nitrogen and oxygen atoms in total. The number of amides is 1. The number of carbonyl (C=O) groups excluding carboxylic acids is 1. The van der Waals surface area contributed by atoms with Crippen molar-refractivity contribution in [2.45, 2.75) is 37.8 Å². The highest BCUT2D eigenvalue weighted by Gasteiger charge is 2.50. The summed E-state index contributed by atoms with van der Waals surface area (Å²) in [4.78, 5) is 32.9. The number of piperidine rings is 1. The van der Waals surface area contributed by atoms with Crippen molar-refractivity contribution in [3.63, 3.8) is 0 Å². The van der Waals surface area contributed by atoms with Crippen LogP contribution in [0, 0.1) is 0 Å². The van der Waals surface area contributed by atoms with Crippen LogP contribution in [0.2, 0.25) is 5.02 Å². The van der Waals surface area contributed by atoms with Crippen LogP contribution in [0.5, 0.6) is 0 Å². The van der Waals surface area contributed by atoms with E-state index in [0.29, 0.717) is 35.6 Å². The van der Waals surface area contributed by atoms with Crippen LogP contribution in [0.4, 0.5) is 0 Å². The zero-order valence-electron chi connectivity index (χ0n) is 15.2. The average molecular weight is 390 g/mol. The minimum atomic E-state index is -0.514. The Labute approximate surface area is 162 Å². The molecule has 2 aromatic rings. The second-order valence-corrected chi connectivity index (χ2v) is 7.90. The molecule has 0 radical (unpaired) electrons. The molecule has 3 heterocycles. The normalized spacial score (nSPS) is 23.6. The number of para-hydroxylation sites is 1. The first kappa shape index (κ1) is 18.5. The van der Waals surface area contributed by atoms with E-state index in [4.69, 9.17) is 11.6 Å².